The smallest absolute Gasteiger partial charge is 0.178 e. The Labute approximate surface area is 116 Å². The Balaban J connectivity index is 2.79. The zero-order valence-electron chi connectivity index (χ0n) is 13.0. The number of ether oxygens (including phenoxy) is 1. The van der Waals surface area contributed by atoms with Gasteiger partial charge in [0.05, 0.1) is 13.2 Å². The summed E-state index contributed by atoms with van der Waals surface area (Å²) in [5.74, 6) is 0.179. The maximum absolute atomic E-state index is 12.4. The number of ketones is 1. The van der Waals surface area contributed by atoms with Gasteiger partial charge in [0.25, 0.3) is 0 Å². The van der Waals surface area contributed by atoms with E-state index in [0.29, 0.717) is 13.2 Å². The minimum Gasteiger partial charge on any atom is -0.383 e. The standard InChI is InChI=1S/C15H26N2O2/c1-7-17-11(2)8-14(13(17)4)15(18)9-16(5)12(3)10-19-6/h8,12H,7,9-10H2,1-6H3. The third-order valence-corrected chi connectivity index (χ3v) is 3.74. The first-order valence-corrected chi connectivity index (χ1v) is 6.81. The van der Waals surface area contributed by atoms with Crippen molar-refractivity contribution in [2.45, 2.75) is 40.3 Å². The molecule has 0 N–H and O–H groups in total. The number of aromatic nitrogens is 1. The van der Waals surface area contributed by atoms with Gasteiger partial charge in [-0.25, -0.2) is 0 Å². The second kappa shape index (κ2) is 6.87. The van der Waals surface area contributed by atoms with Gasteiger partial charge in [-0.2, -0.15) is 0 Å². The molecule has 1 unspecified atom stereocenters. The first kappa shape index (κ1) is 15.9. The molecule has 19 heavy (non-hydrogen) atoms. The molecule has 0 radical (unpaired) electrons. The summed E-state index contributed by atoms with van der Waals surface area (Å²) in [4.78, 5) is 14.4. The Morgan fingerprint density at radius 1 is 1.47 bits per heavy atom. The molecule has 0 aliphatic carbocycles. The van der Waals surface area contributed by atoms with E-state index in [9.17, 15) is 4.79 Å². The fourth-order valence-corrected chi connectivity index (χ4v) is 2.41. The van der Waals surface area contributed by atoms with Crippen molar-refractivity contribution in [1.29, 1.82) is 0 Å². The average molecular weight is 266 g/mol. The van der Waals surface area contributed by atoms with Crippen molar-refractivity contribution in [2.75, 3.05) is 27.3 Å². The topological polar surface area (TPSA) is 34.5 Å². The first-order chi connectivity index (χ1) is 8.92. The first-order valence-electron chi connectivity index (χ1n) is 6.81. The molecule has 108 valence electrons. The summed E-state index contributed by atoms with van der Waals surface area (Å²) < 4.78 is 7.29. The van der Waals surface area contributed by atoms with Crippen LogP contribution in [0.3, 0.4) is 0 Å². The highest BCUT2D eigenvalue weighted by molar-refractivity contribution is 5.99. The van der Waals surface area contributed by atoms with Crippen LogP contribution in [-0.4, -0.2) is 48.6 Å². The fourth-order valence-electron chi connectivity index (χ4n) is 2.41. The van der Waals surface area contributed by atoms with Crippen LogP contribution in [-0.2, 0) is 11.3 Å². The van der Waals surface area contributed by atoms with Crippen molar-refractivity contribution in [3.63, 3.8) is 0 Å². The summed E-state index contributed by atoms with van der Waals surface area (Å²) in [6.45, 7) is 10.2. The maximum Gasteiger partial charge on any atom is 0.178 e. The normalized spacial score (nSPS) is 13.0. The van der Waals surface area contributed by atoms with Crippen molar-refractivity contribution in [3.05, 3.63) is 23.0 Å². The predicted molar refractivity (Wildman–Crippen MR) is 77.9 cm³/mol. The molecule has 0 aliphatic rings. The molecule has 0 bridgehead atoms. The zero-order chi connectivity index (χ0) is 14.6. The van der Waals surface area contributed by atoms with E-state index in [1.807, 2.05) is 31.9 Å². The predicted octanol–water partition coefficient (Wildman–Crippen LogP) is 2.27. The number of carbonyl (C=O) groups is 1. The van der Waals surface area contributed by atoms with Crippen LogP contribution in [0, 0.1) is 13.8 Å². The van der Waals surface area contributed by atoms with E-state index in [0.717, 1.165) is 23.5 Å². The van der Waals surface area contributed by atoms with E-state index in [4.69, 9.17) is 4.74 Å². The Morgan fingerprint density at radius 2 is 2.11 bits per heavy atom. The number of carbonyl (C=O) groups excluding carboxylic acids is 1. The fraction of sp³-hybridized carbons (Fsp3) is 0.667. The highest BCUT2D eigenvalue weighted by Crippen LogP contribution is 2.16. The quantitative estimate of drug-likeness (QED) is 0.710. The summed E-state index contributed by atoms with van der Waals surface area (Å²) in [6.07, 6.45) is 0. The second-order valence-corrected chi connectivity index (χ2v) is 5.17. The van der Waals surface area contributed by atoms with Gasteiger partial charge in [0, 0.05) is 36.6 Å². The van der Waals surface area contributed by atoms with Crippen LogP contribution in [0.1, 0.15) is 35.6 Å². The number of nitrogens with zero attached hydrogens (tertiary/aromatic N) is 2. The third kappa shape index (κ3) is 3.67. The molecule has 1 rings (SSSR count). The molecular formula is C15H26N2O2. The lowest BCUT2D eigenvalue weighted by Gasteiger charge is -2.23. The van der Waals surface area contributed by atoms with Crippen LogP contribution in [0.2, 0.25) is 0 Å². The molecule has 0 aromatic carbocycles. The Kier molecular flexibility index (Phi) is 5.76. The van der Waals surface area contributed by atoms with Crippen LogP contribution in [0.15, 0.2) is 6.07 Å². The largest absolute Gasteiger partial charge is 0.383 e. The highest BCUT2D eigenvalue weighted by atomic mass is 16.5. The Hall–Kier alpha value is -1.13. The van der Waals surface area contributed by atoms with E-state index in [-0.39, 0.29) is 11.8 Å². The third-order valence-electron chi connectivity index (χ3n) is 3.74. The van der Waals surface area contributed by atoms with E-state index < -0.39 is 0 Å². The number of aryl methyl sites for hydroxylation is 1. The van der Waals surface area contributed by atoms with Gasteiger partial charge >= 0.3 is 0 Å². The molecule has 1 atom stereocenters. The highest BCUT2D eigenvalue weighted by Gasteiger charge is 2.18. The molecule has 1 aromatic rings. The lowest BCUT2D eigenvalue weighted by molar-refractivity contribution is 0.0840. The van der Waals surface area contributed by atoms with E-state index >= 15 is 0 Å². The van der Waals surface area contributed by atoms with Gasteiger partial charge < -0.3 is 9.30 Å². The molecule has 4 heteroatoms. The van der Waals surface area contributed by atoms with Crippen LogP contribution < -0.4 is 0 Å². The van der Waals surface area contributed by atoms with Gasteiger partial charge in [-0.05, 0) is 40.8 Å². The van der Waals surface area contributed by atoms with Crippen molar-refractivity contribution < 1.29 is 9.53 Å². The molecule has 1 heterocycles. The van der Waals surface area contributed by atoms with Gasteiger partial charge in [-0.3, -0.25) is 9.69 Å². The average Bonchev–Trinajstić information content (AvgIpc) is 2.64. The van der Waals surface area contributed by atoms with Gasteiger partial charge in [0.2, 0.25) is 0 Å². The van der Waals surface area contributed by atoms with Crippen molar-refractivity contribution in [2.24, 2.45) is 0 Å². The van der Waals surface area contributed by atoms with Crippen LogP contribution in [0.4, 0.5) is 0 Å². The SMILES string of the molecule is CCn1c(C)cc(C(=O)CN(C)C(C)COC)c1C. The molecule has 0 saturated carbocycles. The summed E-state index contributed by atoms with van der Waals surface area (Å²) in [6, 6.07) is 2.24. The maximum atomic E-state index is 12.4. The van der Waals surface area contributed by atoms with E-state index in [1.54, 1.807) is 7.11 Å². The Morgan fingerprint density at radius 3 is 2.58 bits per heavy atom. The molecule has 0 spiro atoms. The van der Waals surface area contributed by atoms with Gasteiger partial charge in [-0.1, -0.05) is 0 Å². The minimum atomic E-state index is 0.179. The van der Waals surface area contributed by atoms with Crippen LogP contribution in [0.5, 0.6) is 0 Å². The number of Topliss-reactive ketones (excluding diaryl/α,β-unsaturated/α-hetero) is 1. The second-order valence-electron chi connectivity index (χ2n) is 5.17. The number of likely N-dealkylation sites (N-methyl/N-ethyl adjacent to an activating group) is 1. The summed E-state index contributed by atoms with van der Waals surface area (Å²) >= 11 is 0. The molecule has 1 aromatic heterocycles. The van der Waals surface area contributed by atoms with Gasteiger partial charge in [0.1, 0.15) is 0 Å². The van der Waals surface area contributed by atoms with E-state index in [2.05, 4.69) is 18.4 Å². The number of methoxy groups -OCH3 is 1. The molecular weight excluding hydrogens is 240 g/mol. The summed E-state index contributed by atoms with van der Waals surface area (Å²) in [7, 11) is 3.64. The molecule has 0 fully saturated rings. The minimum absolute atomic E-state index is 0.179. The summed E-state index contributed by atoms with van der Waals surface area (Å²) in [5.41, 5.74) is 3.06. The molecule has 4 nitrogen and oxygen atoms in total. The van der Waals surface area contributed by atoms with Crippen molar-refractivity contribution >= 4 is 5.78 Å². The van der Waals surface area contributed by atoms with Crippen molar-refractivity contribution in [1.82, 2.24) is 9.47 Å². The van der Waals surface area contributed by atoms with Crippen LogP contribution >= 0.6 is 0 Å². The monoisotopic (exact) mass is 266 g/mol. The number of hydrogen-bond donors (Lipinski definition) is 0. The van der Waals surface area contributed by atoms with Gasteiger partial charge in [0.15, 0.2) is 5.78 Å². The summed E-state index contributed by atoms with van der Waals surface area (Å²) in [5, 5.41) is 0. The number of hydrogen-bond acceptors (Lipinski definition) is 3. The van der Waals surface area contributed by atoms with Crippen molar-refractivity contribution in [3.8, 4) is 0 Å². The van der Waals surface area contributed by atoms with Crippen LogP contribution in [0.25, 0.3) is 0 Å². The number of rotatable bonds is 7. The lowest BCUT2D eigenvalue weighted by atomic mass is 10.1. The van der Waals surface area contributed by atoms with E-state index in [1.165, 1.54) is 0 Å². The lowest BCUT2D eigenvalue weighted by Crippen LogP contribution is -2.36. The Bertz CT molecular complexity index is 438. The van der Waals surface area contributed by atoms with Gasteiger partial charge in [-0.15, -0.1) is 0 Å². The molecule has 0 amide bonds. The molecule has 0 saturated heterocycles. The molecule has 0 aliphatic heterocycles. The zero-order valence-corrected chi connectivity index (χ0v) is 13.0.